The number of hydrogen-bond donors (Lipinski definition) is 1. The van der Waals surface area contributed by atoms with Crippen molar-refractivity contribution in [3.05, 3.63) is 18.1 Å². The minimum atomic E-state index is -1.07. The predicted molar refractivity (Wildman–Crippen MR) is 70.4 cm³/mol. The number of anilines is 1. The Bertz CT molecular complexity index is 466. The Balaban J connectivity index is 2.23. The summed E-state index contributed by atoms with van der Waals surface area (Å²) in [6.07, 6.45) is 2.79. The van der Waals surface area contributed by atoms with Crippen LogP contribution in [-0.2, 0) is 4.74 Å². The SMILES string of the molecule is CC1(C)CN(c2cnc(C(=O)O)cn2)CC(C)(C)O1. The van der Waals surface area contributed by atoms with Crippen molar-refractivity contribution in [2.45, 2.75) is 38.9 Å². The summed E-state index contributed by atoms with van der Waals surface area (Å²) in [5.41, 5.74) is -0.611. The molecule has 1 aliphatic rings. The minimum absolute atomic E-state index is 0.0458. The number of aromatic nitrogens is 2. The van der Waals surface area contributed by atoms with Crippen LogP contribution in [0, 0.1) is 0 Å². The van der Waals surface area contributed by atoms with E-state index in [0.29, 0.717) is 18.9 Å². The van der Waals surface area contributed by atoms with E-state index in [1.54, 1.807) is 0 Å². The molecule has 6 heteroatoms. The predicted octanol–water partition coefficient (Wildman–Crippen LogP) is 1.57. The zero-order valence-electron chi connectivity index (χ0n) is 11.7. The summed E-state index contributed by atoms with van der Waals surface area (Å²) in [5, 5.41) is 8.82. The van der Waals surface area contributed by atoms with E-state index in [1.807, 2.05) is 27.7 Å². The van der Waals surface area contributed by atoms with Crippen LogP contribution in [0.5, 0.6) is 0 Å². The van der Waals surface area contributed by atoms with Crippen LogP contribution in [0.25, 0.3) is 0 Å². The number of rotatable bonds is 2. The summed E-state index contributed by atoms with van der Waals surface area (Å²) in [5.74, 6) is -0.392. The molecule has 0 atom stereocenters. The number of aromatic carboxylic acids is 1. The maximum Gasteiger partial charge on any atom is 0.356 e. The number of ether oxygens (including phenoxy) is 1. The molecule has 1 fully saturated rings. The maximum absolute atomic E-state index is 10.8. The minimum Gasteiger partial charge on any atom is -0.476 e. The van der Waals surface area contributed by atoms with Crippen molar-refractivity contribution in [2.75, 3.05) is 18.0 Å². The lowest BCUT2D eigenvalue weighted by molar-refractivity contribution is -0.133. The van der Waals surface area contributed by atoms with Gasteiger partial charge in [-0.05, 0) is 27.7 Å². The van der Waals surface area contributed by atoms with Gasteiger partial charge in [-0.1, -0.05) is 0 Å². The normalized spacial score (nSPS) is 21.2. The van der Waals surface area contributed by atoms with Crippen LogP contribution in [0.15, 0.2) is 12.4 Å². The molecule has 19 heavy (non-hydrogen) atoms. The Labute approximate surface area is 112 Å². The first kappa shape index (κ1) is 13.7. The van der Waals surface area contributed by atoms with Crippen molar-refractivity contribution in [2.24, 2.45) is 0 Å². The first-order valence-electron chi connectivity index (χ1n) is 6.19. The van der Waals surface area contributed by atoms with Crippen LogP contribution in [-0.4, -0.2) is 45.3 Å². The second-order valence-corrected chi connectivity index (χ2v) is 6.04. The molecule has 1 aromatic rings. The van der Waals surface area contributed by atoms with Gasteiger partial charge in [-0.2, -0.15) is 0 Å². The molecule has 1 saturated heterocycles. The molecule has 0 aliphatic carbocycles. The Hall–Kier alpha value is -1.69. The van der Waals surface area contributed by atoms with Gasteiger partial charge < -0.3 is 14.7 Å². The molecule has 0 saturated carbocycles. The highest BCUT2D eigenvalue weighted by Crippen LogP contribution is 2.30. The van der Waals surface area contributed by atoms with E-state index in [4.69, 9.17) is 9.84 Å². The highest BCUT2D eigenvalue weighted by atomic mass is 16.5. The monoisotopic (exact) mass is 265 g/mol. The van der Waals surface area contributed by atoms with Crippen molar-refractivity contribution in [1.82, 2.24) is 9.97 Å². The Kier molecular flexibility index (Phi) is 3.22. The third-order valence-electron chi connectivity index (χ3n) is 2.88. The van der Waals surface area contributed by atoms with E-state index < -0.39 is 5.97 Å². The molecule has 2 rings (SSSR count). The molecule has 0 aromatic carbocycles. The highest BCUT2D eigenvalue weighted by molar-refractivity contribution is 5.84. The molecule has 1 aromatic heterocycles. The van der Waals surface area contributed by atoms with Crippen LogP contribution in [0.4, 0.5) is 5.82 Å². The number of morpholine rings is 1. The molecular weight excluding hydrogens is 246 g/mol. The van der Waals surface area contributed by atoms with Gasteiger partial charge in [0.25, 0.3) is 0 Å². The van der Waals surface area contributed by atoms with Gasteiger partial charge in [0.2, 0.25) is 0 Å². The Morgan fingerprint density at radius 3 is 2.21 bits per heavy atom. The van der Waals surface area contributed by atoms with E-state index in [2.05, 4.69) is 14.9 Å². The van der Waals surface area contributed by atoms with Gasteiger partial charge in [-0.15, -0.1) is 0 Å². The molecule has 1 aliphatic heterocycles. The molecule has 0 bridgehead atoms. The van der Waals surface area contributed by atoms with Gasteiger partial charge in [-0.3, -0.25) is 0 Å². The fourth-order valence-corrected chi connectivity index (χ4v) is 2.54. The lowest BCUT2D eigenvalue weighted by Crippen LogP contribution is -2.57. The van der Waals surface area contributed by atoms with Crippen LogP contribution in [0.2, 0.25) is 0 Å². The zero-order chi connectivity index (χ0) is 14.3. The standard InChI is InChI=1S/C13H19N3O3/c1-12(2)7-16(8-13(3,4)19-12)10-6-14-9(5-15-10)11(17)18/h5-6H,7-8H2,1-4H3,(H,17,18). The third kappa shape index (κ3) is 3.20. The molecule has 2 heterocycles. The number of nitrogens with zero attached hydrogens (tertiary/aromatic N) is 3. The van der Waals surface area contributed by atoms with Crippen LogP contribution in [0.3, 0.4) is 0 Å². The van der Waals surface area contributed by atoms with Crippen LogP contribution >= 0.6 is 0 Å². The van der Waals surface area contributed by atoms with Gasteiger partial charge in [0.1, 0.15) is 5.82 Å². The quantitative estimate of drug-likeness (QED) is 0.874. The Morgan fingerprint density at radius 2 is 1.79 bits per heavy atom. The van der Waals surface area contributed by atoms with E-state index in [1.165, 1.54) is 12.4 Å². The number of carbonyl (C=O) groups is 1. The largest absolute Gasteiger partial charge is 0.476 e. The van der Waals surface area contributed by atoms with Crippen LogP contribution in [0.1, 0.15) is 38.2 Å². The second-order valence-electron chi connectivity index (χ2n) is 6.04. The average Bonchev–Trinajstić information content (AvgIpc) is 2.25. The highest BCUT2D eigenvalue weighted by Gasteiger charge is 2.38. The summed E-state index contributed by atoms with van der Waals surface area (Å²) in [4.78, 5) is 20.9. The number of carboxylic acids is 1. The van der Waals surface area contributed by atoms with Gasteiger partial charge in [0.05, 0.1) is 23.6 Å². The molecule has 0 radical (unpaired) electrons. The van der Waals surface area contributed by atoms with Crippen LogP contribution < -0.4 is 4.90 Å². The Morgan fingerprint density at radius 1 is 1.21 bits per heavy atom. The summed E-state index contributed by atoms with van der Waals surface area (Å²) < 4.78 is 5.99. The van der Waals surface area contributed by atoms with E-state index >= 15 is 0 Å². The topological polar surface area (TPSA) is 75.6 Å². The molecular formula is C13H19N3O3. The molecule has 0 amide bonds. The number of hydrogen-bond acceptors (Lipinski definition) is 5. The number of carboxylic acid groups (broad SMARTS) is 1. The summed E-state index contributed by atoms with van der Waals surface area (Å²) in [7, 11) is 0. The summed E-state index contributed by atoms with van der Waals surface area (Å²) in [6.45, 7) is 9.49. The fraction of sp³-hybridized carbons (Fsp3) is 0.615. The summed E-state index contributed by atoms with van der Waals surface area (Å²) in [6, 6.07) is 0. The van der Waals surface area contributed by atoms with Crippen molar-refractivity contribution < 1.29 is 14.6 Å². The first-order valence-corrected chi connectivity index (χ1v) is 6.19. The van der Waals surface area contributed by atoms with Crippen molar-refractivity contribution in [3.8, 4) is 0 Å². The molecule has 0 spiro atoms. The van der Waals surface area contributed by atoms with Crippen molar-refractivity contribution >= 4 is 11.8 Å². The molecule has 0 unspecified atom stereocenters. The van der Waals surface area contributed by atoms with Gasteiger partial charge >= 0.3 is 5.97 Å². The van der Waals surface area contributed by atoms with Gasteiger partial charge in [0, 0.05) is 13.1 Å². The van der Waals surface area contributed by atoms with E-state index in [9.17, 15) is 4.79 Å². The van der Waals surface area contributed by atoms with Gasteiger partial charge in [0.15, 0.2) is 5.69 Å². The van der Waals surface area contributed by atoms with Crippen molar-refractivity contribution in [1.29, 1.82) is 0 Å². The molecule has 104 valence electrons. The average molecular weight is 265 g/mol. The van der Waals surface area contributed by atoms with Crippen molar-refractivity contribution in [3.63, 3.8) is 0 Å². The smallest absolute Gasteiger partial charge is 0.356 e. The third-order valence-corrected chi connectivity index (χ3v) is 2.88. The zero-order valence-corrected chi connectivity index (χ0v) is 11.7. The van der Waals surface area contributed by atoms with E-state index in [-0.39, 0.29) is 16.9 Å². The molecule has 1 N–H and O–H groups in total. The summed E-state index contributed by atoms with van der Waals surface area (Å²) >= 11 is 0. The second kappa shape index (κ2) is 4.45. The van der Waals surface area contributed by atoms with E-state index in [0.717, 1.165) is 0 Å². The van der Waals surface area contributed by atoms with Gasteiger partial charge in [-0.25, -0.2) is 14.8 Å². The fourth-order valence-electron chi connectivity index (χ4n) is 2.54. The maximum atomic E-state index is 10.8. The molecule has 6 nitrogen and oxygen atoms in total. The lowest BCUT2D eigenvalue weighted by atomic mass is 9.99. The first-order chi connectivity index (χ1) is 8.69. The lowest BCUT2D eigenvalue weighted by Gasteiger charge is -2.47.